The Bertz CT molecular complexity index is 3920. The first-order valence-corrected chi connectivity index (χ1v) is 36.0. The van der Waals surface area contributed by atoms with Crippen molar-refractivity contribution in [3.8, 4) is 5.75 Å². The zero-order valence-corrected chi connectivity index (χ0v) is 59.8. The van der Waals surface area contributed by atoms with E-state index in [-0.39, 0.29) is 94.7 Å². The number of nitrogens with one attached hydrogen (secondary N) is 12. The van der Waals surface area contributed by atoms with Crippen molar-refractivity contribution < 1.29 is 72.2 Å². The van der Waals surface area contributed by atoms with Crippen LogP contribution in [0.2, 0.25) is 0 Å². The number of nitrogens with two attached hydrogens (primary N) is 4. The largest absolute Gasteiger partial charge is 0.508 e. The van der Waals surface area contributed by atoms with Gasteiger partial charge in [0.1, 0.15) is 72.2 Å². The quantitative estimate of drug-likeness (QED) is 0.0409. The highest BCUT2D eigenvalue weighted by atomic mass is 32.2. The number of nitrogens with zero attached hydrogens (tertiary/aromatic N) is 1. The molecule has 0 radical (unpaired) electrons. The Balaban J connectivity index is 1.26. The van der Waals surface area contributed by atoms with E-state index in [2.05, 4.69) is 63.1 Å². The number of hydrogen-bond donors (Lipinski definition) is 17. The van der Waals surface area contributed by atoms with Crippen molar-refractivity contribution in [2.45, 2.75) is 185 Å². The lowest BCUT2D eigenvalue weighted by molar-refractivity contribution is -0.143. The number of phenols is 1. The third-order valence-corrected chi connectivity index (χ3v) is 19.3. The molecule has 104 heavy (non-hydrogen) atoms. The molecular weight excluding hydrogens is 1360 g/mol. The van der Waals surface area contributed by atoms with Gasteiger partial charge in [0, 0.05) is 72.2 Å². The van der Waals surface area contributed by atoms with Gasteiger partial charge in [-0.05, 0) is 111 Å². The Morgan fingerprint density at radius 2 is 1.10 bits per heavy atom. The van der Waals surface area contributed by atoms with Crippen molar-refractivity contribution >= 4 is 116 Å². The predicted molar refractivity (Wildman–Crippen MR) is 386 cm³/mol. The molecule has 32 nitrogen and oxygen atoms in total. The van der Waals surface area contributed by atoms with Crippen LogP contribution in [0.25, 0.3) is 21.8 Å². The summed E-state index contributed by atoms with van der Waals surface area (Å²) >= 11 is 0.816. The molecule has 2 aromatic heterocycles. The van der Waals surface area contributed by atoms with Crippen molar-refractivity contribution in [3.05, 3.63) is 102 Å². The first-order valence-electron chi connectivity index (χ1n) is 34.9. The highest BCUT2D eigenvalue weighted by Gasteiger charge is 2.41. The molecule has 0 bridgehead atoms. The van der Waals surface area contributed by atoms with E-state index in [1.807, 2.05) is 0 Å². The number of primary amides is 3. The summed E-state index contributed by atoms with van der Waals surface area (Å²) in [4.78, 5) is 207. The van der Waals surface area contributed by atoms with Crippen LogP contribution in [0.3, 0.4) is 0 Å². The summed E-state index contributed by atoms with van der Waals surface area (Å²) < 4.78 is 0. The van der Waals surface area contributed by atoms with E-state index in [1.165, 1.54) is 36.1 Å². The molecule has 5 aromatic rings. The number of aromatic nitrogens is 2. The van der Waals surface area contributed by atoms with E-state index in [0.717, 1.165) is 11.8 Å². The Morgan fingerprint density at radius 1 is 0.567 bits per heavy atom. The van der Waals surface area contributed by atoms with Crippen molar-refractivity contribution in [2.75, 3.05) is 24.6 Å². The zero-order valence-electron chi connectivity index (χ0n) is 58.9. The fourth-order valence-electron chi connectivity index (χ4n) is 12.4. The van der Waals surface area contributed by atoms with Crippen molar-refractivity contribution in [1.82, 2.24) is 68.0 Å². The molecule has 2 fully saturated rings. The molecule has 0 saturated carbocycles. The summed E-state index contributed by atoms with van der Waals surface area (Å²) in [5.41, 5.74) is 25.9. The van der Waals surface area contributed by atoms with Gasteiger partial charge in [-0.3, -0.25) is 67.1 Å². The first kappa shape index (κ1) is 80.7. The predicted octanol–water partition coefficient (Wildman–Crippen LogP) is -1.16. The molecule has 12 atom stereocenters. The number of carbonyl (C=O) groups excluding carboxylic acids is 14. The van der Waals surface area contributed by atoms with E-state index in [1.54, 1.807) is 88.6 Å². The van der Waals surface area contributed by atoms with Crippen LogP contribution in [0.15, 0.2) is 85.2 Å². The Hall–Kier alpha value is -10.6. The maximum atomic E-state index is 14.9. The highest BCUT2D eigenvalue weighted by Crippen LogP contribution is 2.24. The summed E-state index contributed by atoms with van der Waals surface area (Å²) in [5, 5.41) is 38.1. The smallest absolute Gasteiger partial charge is 0.245 e. The fourth-order valence-corrected chi connectivity index (χ4v) is 13.3. The van der Waals surface area contributed by atoms with E-state index in [4.69, 9.17) is 22.9 Å². The van der Waals surface area contributed by atoms with Crippen LogP contribution < -0.4 is 76.1 Å². The second kappa shape index (κ2) is 38.6. The topological polar surface area (TPSA) is 518 Å². The number of unbranched alkanes of at least 4 members (excludes halogenated alkanes) is 1. The van der Waals surface area contributed by atoms with E-state index < -0.39 is 174 Å². The van der Waals surface area contributed by atoms with Crippen molar-refractivity contribution in [2.24, 2.45) is 34.8 Å². The zero-order chi connectivity index (χ0) is 75.9. The third-order valence-electron chi connectivity index (χ3n) is 18.3. The molecule has 0 spiro atoms. The molecule has 7 rings (SSSR count). The van der Waals surface area contributed by atoms with Crippen LogP contribution >= 0.6 is 11.8 Å². The summed E-state index contributed by atoms with van der Waals surface area (Å²) in [7, 11) is 0. The van der Waals surface area contributed by atoms with Crippen LogP contribution in [-0.4, -0.2) is 194 Å². The number of hydrogen-bond acceptors (Lipinski definition) is 17. The number of thioether (sulfide) groups is 1. The van der Waals surface area contributed by atoms with E-state index >= 15 is 0 Å². The van der Waals surface area contributed by atoms with Crippen LogP contribution in [0.1, 0.15) is 116 Å². The normalized spacial score (nSPS) is 24.3. The lowest BCUT2D eigenvalue weighted by atomic mass is 9.96. The maximum Gasteiger partial charge on any atom is 0.245 e. The van der Waals surface area contributed by atoms with Gasteiger partial charge in [-0.1, -0.05) is 82.6 Å². The van der Waals surface area contributed by atoms with E-state index in [9.17, 15) is 72.2 Å². The number of aromatic hydroxyl groups is 1. The van der Waals surface area contributed by atoms with Crippen LogP contribution in [0.5, 0.6) is 5.75 Å². The standard InChI is InChI=1S/C71H97N17O15S/c1-6-38(4)60-70(102)85-54(32-58(74)91)67(99)84-53(31-42-34-77-47-17-10-8-15-45(42)47)66(98)86-55(61(75)93)35-104-36-59(92)79-51(29-40-20-22-43(89)23-21-40)64(96)80-48(18-11-12-26-72)63(95)81-49(24-25-57(73)90)71(103)88-27-13-19-56(88)69(101)78-39(5)62(94)82-52(30-41-33-76-46-16-9-7-14-44(41)46)65(97)83-50(28-37(2)3)68(100)87-60/h7-10,14-17,20-23,33-34,37-39,48-56,60,76-77,89H,6,11-13,18-19,24-32,35-36,72H2,1-5H3,(H2,73,90)(H2,74,91)(H2,75,93)(H,78,101)(H,79,92)(H,80,96)(H,81,95)(H,82,94)(H,83,97)(H,84,99)(H,85,102)(H,86,98)(H,87,100)/t38-,39-,48-,49-,50-,51-,52-,53-,54-,55-,56-,60-/m0/s1. The van der Waals surface area contributed by atoms with Gasteiger partial charge in [-0.15, -0.1) is 11.8 Å². The van der Waals surface area contributed by atoms with Gasteiger partial charge in [0.05, 0.1) is 12.2 Å². The summed E-state index contributed by atoms with van der Waals surface area (Å²) in [6.07, 6.45) is 2.27. The maximum absolute atomic E-state index is 14.9. The van der Waals surface area contributed by atoms with Crippen molar-refractivity contribution in [1.29, 1.82) is 0 Å². The SMILES string of the molecule is CC[C@H](C)[C@@H]1NC(=O)[C@H](CC(C)C)NC(=O)[C@H](Cc2c[nH]c3ccccc23)NC(=O)[C@H](C)NC(=O)[C@@H]2CCCN2C(=O)[C@H](CCC(N)=O)NC(=O)[C@H](CCCCN)NC(=O)[C@H](Cc2ccc(O)cc2)NC(=O)CSC[C@@H](C(N)=O)NC(=O)[C@H](Cc2c[nH]c3ccccc23)NC(=O)[C@H](CC(N)=O)NC1=O. The summed E-state index contributed by atoms with van der Waals surface area (Å²) in [6.45, 7) is 8.47. The van der Waals surface area contributed by atoms with Crippen LogP contribution in [-0.2, 0) is 86.4 Å². The Kier molecular flexibility index (Phi) is 30.0. The first-order chi connectivity index (χ1) is 49.5. The Morgan fingerprint density at radius 3 is 1.67 bits per heavy atom. The van der Waals surface area contributed by atoms with Gasteiger partial charge >= 0.3 is 0 Å². The van der Waals surface area contributed by atoms with Gasteiger partial charge in [-0.2, -0.15) is 0 Å². The molecule has 2 aliphatic heterocycles. The monoisotopic (exact) mass is 1460 g/mol. The lowest BCUT2D eigenvalue weighted by Crippen LogP contribution is -2.62. The fraction of sp³-hybridized carbons (Fsp3) is 0.493. The van der Waals surface area contributed by atoms with Gasteiger partial charge < -0.3 is 96.1 Å². The molecular formula is C71H97N17O15S. The third kappa shape index (κ3) is 23.2. The molecule has 14 amide bonds. The second-order valence-corrected chi connectivity index (χ2v) is 27.9. The van der Waals surface area contributed by atoms with Gasteiger partial charge in [0.25, 0.3) is 0 Å². The number of para-hydroxylation sites is 2. The number of phenolic OH excluding ortho intramolecular Hbond substituents is 1. The number of carbonyl (C=O) groups is 14. The van der Waals surface area contributed by atoms with Crippen molar-refractivity contribution in [3.63, 3.8) is 0 Å². The molecule has 3 aromatic carbocycles. The van der Waals surface area contributed by atoms with Crippen LogP contribution in [0, 0.1) is 11.8 Å². The number of fused-ring (bicyclic) bond motifs is 3. The summed E-state index contributed by atoms with van der Waals surface area (Å²) in [5.74, 6) is -14.6. The minimum Gasteiger partial charge on any atom is -0.508 e. The number of amides is 14. The molecule has 2 saturated heterocycles. The number of rotatable bonds is 20. The van der Waals surface area contributed by atoms with Crippen LogP contribution in [0.4, 0.5) is 0 Å². The van der Waals surface area contributed by atoms with Gasteiger partial charge in [-0.25, -0.2) is 0 Å². The minimum atomic E-state index is -1.79. The van der Waals surface area contributed by atoms with E-state index in [0.29, 0.717) is 44.9 Å². The number of benzene rings is 3. The molecule has 21 N–H and O–H groups in total. The summed E-state index contributed by atoms with van der Waals surface area (Å²) in [6, 6.07) is 3.73. The lowest BCUT2D eigenvalue weighted by Gasteiger charge is -2.31. The average molecular weight is 1460 g/mol. The molecule has 0 aliphatic carbocycles. The van der Waals surface area contributed by atoms with Gasteiger partial charge in [0.15, 0.2) is 0 Å². The molecule has 4 heterocycles. The number of H-pyrrole nitrogens is 2. The highest BCUT2D eigenvalue weighted by molar-refractivity contribution is 8.00. The van der Waals surface area contributed by atoms with Gasteiger partial charge in [0.2, 0.25) is 82.7 Å². The number of aromatic amines is 2. The molecule has 0 unspecified atom stereocenters. The second-order valence-electron chi connectivity index (χ2n) is 26.8. The molecule has 33 heteroatoms. The minimum absolute atomic E-state index is 0.00740. The Labute approximate surface area is 605 Å². The average Bonchev–Trinajstić information content (AvgIpc) is 1.63. The molecule has 562 valence electrons. The molecule has 2 aliphatic rings.